The molecule has 0 aliphatic heterocycles. The van der Waals surface area contributed by atoms with Crippen LogP contribution in [0.5, 0.6) is 0 Å². The summed E-state index contributed by atoms with van der Waals surface area (Å²) in [6.45, 7) is 0. The number of carbonyl (C=O) groups excluding carboxylic acids is 2. The van der Waals surface area contributed by atoms with Crippen molar-refractivity contribution >= 4 is 11.9 Å². The van der Waals surface area contributed by atoms with Crippen LogP contribution >= 0.6 is 0 Å². The molecule has 0 aromatic carbocycles. The van der Waals surface area contributed by atoms with Crippen molar-refractivity contribution in [3.63, 3.8) is 0 Å². The van der Waals surface area contributed by atoms with Gasteiger partial charge >= 0.3 is 34.1 Å². The van der Waals surface area contributed by atoms with Gasteiger partial charge in [0, 0.05) is 0 Å². The molecule has 0 N–H and O–H groups in total. The summed E-state index contributed by atoms with van der Waals surface area (Å²) < 4.78 is 0. The Balaban J connectivity index is -0.000000245. The van der Waals surface area contributed by atoms with E-state index in [0.717, 1.165) is 0 Å². The van der Waals surface area contributed by atoms with Gasteiger partial charge in [0.05, 0.1) is 11.9 Å². The standard InChI is InChI=1S/C4H4O4.2Cu/c5-3(6)1-2-4(7)8;;/h1-2H,(H,5,6)(H,7,8);;/q;2*+1/p-2/b2-1+;;. The number of carbonyl (C=O) groups is 2. The minimum Gasteiger partial charge on any atom is -0.545 e. The Kier molecular flexibility index (Phi) is 14.3. The maximum Gasteiger partial charge on any atom is 1.00 e. The first kappa shape index (κ1) is 16.4. The van der Waals surface area contributed by atoms with Gasteiger partial charge in [-0.1, -0.05) is 0 Å². The van der Waals surface area contributed by atoms with Gasteiger partial charge in [0.2, 0.25) is 0 Å². The van der Waals surface area contributed by atoms with Crippen LogP contribution in [0.3, 0.4) is 0 Å². The zero-order valence-corrected chi connectivity index (χ0v) is 6.27. The molecule has 10 heavy (non-hydrogen) atoms. The van der Waals surface area contributed by atoms with Crippen molar-refractivity contribution in [3.05, 3.63) is 12.2 Å². The molecule has 0 fully saturated rings. The molecule has 0 atom stereocenters. The smallest absolute Gasteiger partial charge is 0.545 e. The van der Waals surface area contributed by atoms with E-state index in [1.54, 1.807) is 0 Å². The predicted molar refractivity (Wildman–Crippen MR) is 19.2 cm³/mol. The van der Waals surface area contributed by atoms with Gasteiger partial charge in [-0.3, -0.25) is 0 Å². The summed E-state index contributed by atoms with van der Waals surface area (Å²) in [5.74, 6) is -3.09. The summed E-state index contributed by atoms with van der Waals surface area (Å²) in [4.78, 5) is 18.8. The molecule has 0 rings (SSSR count). The van der Waals surface area contributed by atoms with Crippen molar-refractivity contribution in [1.29, 1.82) is 0 Å². The first-order valence-corrected chi connectivity index (χ1v) is 1.73. The predicted octanol–water partition coefficient (Wildman–Crippen LogP) is -2.96. The minimum atomic E-state index is -1.55. The fourth-order valence-electron chi connectivity index (χ4n) is 0.136. The van der Waals surface area contributed by atoms with Crippen molar-refractivity contribution in [2.75, 3.05) is 0 Å². The average molecular weight is 241 g/mol. The van der Waals surface area contributed by atoms with Gasteiger partial charge in [-0.25, -0.2) is 0 Å². The van der Waals surface area contributed by atoms with Gasteiger partial charge in [0.1, 0.15) is 0 Å². The van der Waals surface area contributed by atoms with Gasteiger partial charge in [0.15, 0.2) is 0 Å². The second-order valence-corrected chi connectivity index (χ2v) is 0.971. The second kappa shape index (κ2) is 8.72. The third-order valence-electron chi connectivity index (χ3n) is 0.355. The fourth-order valence-corrected chi connectivity index (χ4v) is 0.136. The number of aliphatic carboxylic acids is 2. The Morgan fingerprint density at radius 1 is 0.900 bits per heavy atom. The van der Waals surface area contributed by atoms with Crippen molar-refractivity contribution in [2.45, 2.75) is 0 Å². The Morgan fingerprint density at radius 2 is 1.10 bits per heavy atom. The number of hydrogen-bond acceptors (Lipinski definition) is 4. The van der Waals surface area contributed by atoms with E-state index in [1.165, 1.54) is 0 Å². The van der Waals surface area contributed by atoms with Crippen LogP contribution in [0.1, 0.15) is 0 Å². The Labute approximate surface area is 78.2 Å². The van der Waals surface area contributed by atoms with Crippen LogP contribution in [0.4, 0.5) is 0 Å². The van der Waals surface area contributed by atoms with E-state index in [1.807, 2.05) is 0 Å². The van der Waals surface area contributed by atoms with E-state index in [-0.39, 0.29) is 34.1 Å². The molecule has 0 spiro atoms. The monoisotopic (exact) mass is 240 g/mol. The molecule has 0 bridgehead atoms. The molecule has 4 nitrogen and oxygen atoms in total. The molecule has 0 saturated carbocycles. The summed E-state index contributed by atoms with van der Waals surface area (Å²) in [6.07, 6.45) is 0.769. The van der Waals surface area contributed by atoms with Crippen LogP contribution in [0, 0.1) is 0 Å². The summed E-state index contributed by atoms with van der Waals surface area (Å²) in [7, 11) is 0. The molecule has 0 saturated heterocycles. The van der Waals surface area contributed by atoms with E-state index in [4.69, 9.17) is 0 Å². The average Bonchev–Trinajstić information content (AvgIpc) is 1.61. The largest absolute Gasteiger partial charge is 1.00 e. The van der Waals surface area contributed by atoms with Gasteiger partial charge in [-0.05, 0) is 12.2 Å². The van der Waals surface area contributed by atoms with Crippen LogP contribution in [0.15, 0.2) is 12.2 Å². The van der Waals surface area contributed by atoms with Crippen molar-refractivity contribution in [3.8, 4) is 0 Å². The molecule has 0 amide bonds. The van der Waals surface area contributed by atoms with E-state index in [0.29, 0.717) is 12.2 Å². The third kappa shape index (κ3) is 15.6. The molecule has 0 aliphatic rings. The van der Waals surface area contributed by atoms with Gasteiger partial charge < -0.3 is 19.8 Å². The normalized spacial score (nSPS) is 7.60. The summed E-state index contributed by atoms with van der Waals surface area (Å²) >= 11 is 0. The summed E-state index contributed by atoms with van der Waals surface area (Å²) in [6, 6.07) is 0. The SMILES string of the molecule is O=C([O-])/C=C/C(=O)[O-].[Cu+].[Cu+]. The Hall–Kier alpha value is -0.281. The second-order valence-electron chi connectivity index (χ2n) is 0.971. The first-order chi connectivity index (χ1) is 3.63. The van der Waals surface area contributed by atoms with Crippen molar-refractivity contribution in [1.82, 2.24) is 0 Å². The molecule has 64 valence electrons. The molecule has 0 aliphatic carbocycles. The van der Waals surface area contributed by atoms with Crippen LogP contribution in [-0.2, 0) is 43.7 Å². The number of carboxylic acid groups (broad SMARTS) is 2. The minimum absolute atomic E-state index is 0. The van der Waals surface area contributed by atoms with Crippen LogP contribution < -0.4 is 10.2 Å². The van der Waals surface area contributed by atoms with E-state index in [2.05, 4.69) is 0 Å². The van der Waals surface area contributed by atoms with Crippen LogP contribution in [-0.4, -0.2) is 11.9 Å². The Bertz CT molecular complexity index is 126. The molecule has 0 heterocycles. The zero-order valence-electron chi connectivity index (χ0n) is 4.39. The van der Waals surface area contributed by atoms with E-state index in [9.17, 15) is 19.8 Å². The summed E-state index contributed by atoms with van der Waals surface area (Å²) in [5.41, 5.74) is 0. The third-order valence-corrected chi connectivity index (χ3v) is 0.355. The van der Waals surface area contributed by atoms with Crippen LogP contribution in [0.2, 0.25) is 0 Å². The molecular formula is C4H2Cu2O4. The molecule has 6 heteroatoms. The van der Waals surface area contributed by atoms with Gasteiger partial charge in [-0.2, -0.15) is 0 Å². The van der Waals surface area contributed by atoms with Crippen molar-refractivity contribution in [2.24, 2.45) is 0 Å². The summed E-state index contributed by atoms with van der Waals surface area (Å²) in [5, 5.41) is 18.8. The maximum atomic E-state index is 9.41. The van der Waals surface area contributed by atoms with Gasteiger partial charge in [0.25, 0.3) is 0 Å². The van der Waals surface area contributed by atoms with Crippen LogP contribution in [0.25, 0.3) is 0 Å². The molecular weight excluding hydrogens is 239 g/mol. The maximum absolute atomic E-state index is 9.41. The van der Waals surface area contributed by atoms with E-state index < -0.39 is 11.9 Å². The Morgan fingerprint density at radius 3 is 1.20 bits per heavy atom. The van der Waals surface area contributed by atoms with Gasteiger partial charge in [-0.15, -0.1) is 0 Å². The first-order valence-electron chi connectivity index (χ1n) is 1.73. The quantitative estimate of drug-likeness (QED) is 0.382. The van der Waals surface area contributed by atoms with Crippen molar-refractivity contribution < 1.29 is 53.9 Å². The molecule has 0 radical (unpaired) electrons. The zero-order chi connectivity index (χ0) is 6.57. The molecule has 0 unspecified atom stereocenters. The topological polar surface area (TPSA) is 80.3 Å². The van der Waals surface area contributed by atoms with E-state index >= 15 is 0 Å². The molecule has 0 aromatic rings. The number of rotatable bonds is 2. The number of carboxylic acids is 2. The molecule has 0 aromatic heterocycles. The number of hydrogen-bond donors (Lipinski definition) is 0. The fraction of sp³-hybridized carbons (Fsp3) is 0.